The number of amides is 2. The van der Waals surface area contributed by atoms with E-state index in [4.69, 9.17) is 4.74 Å². The third kappa shape index (κ3) is 2.98. The van der Waals surface area contributed by atoms with Crippen molar-refractivity contribution in [1.82, 2.24) is 0 Å². The average molecular weight is 448 g/mol. The molecule has 2 fully saturated rings. The standard InChI is InChI=1S/C30H25NO3/c1-2-34-24-16-10-9-15-23(24)31-29(32)27-21-17-18-22(28(27)30(31)33)26(21)25(19-11-5-3-6-12-19)20-13-7-4-8-14-20/h3-18,21-22,27-28H,2H2,1H3/t21-,22-,27+,28+/m1/s1. The Kier molecular flexibility index (Phi) is 4.95. The second-order valence-corrected chi connectivity index (χ2v) is 8.96. The van der Waals surface area contributed by atoms with Crippen LogP contribution in [0.2, 0.25) is 0 Å². The Labute approximate surface area is 199 Å². The Morgan fingerprint density at radius 2 is 1.24 bits per heavy atom. The summed E-state index contributed by atoms with van der Waals surface area (Å²) in [5.74, 6) is -0.632. The summed E-state index contributed by atoms with van der Waals surface area (Å²) in [6.07, 6.45) is 4.27. The van der Waals surface area contributed by atoms with Gasteiger partial charge in [0, 0.05) is 11.8 Å². The number of fused-ring (bicyclic) bond motifs is 5. The molecular weight excluding hydrogens is 422 g/mol. The molecule has 3 aromatic carbocycles. The minimum atomic E-state index is -0.380. The fraction of sp³-hybridized carbons (Fsp3) is 0.200. The molecule has 2 amide bonds. The Hall–Kier alpha value is -3.92. The van der Waals surface area contributed by atoms with E-state index < -0.39 is 0 Å². The second-order valence-electron chi connectivity index (χ2n) is 8.96. The number of allylic oxidation sites excluding steroid dienone is 3. The number of para-hydroxylation sites is 2. The van der Waals surface area contributed by atoms with Crippen LogP contribution >= 0.6 is 0 Å². The van der Waals surface area contributed by atoms with E-state index in [0.717, 1.165) is 16.7 Å². The Morgan fingerprint density at radius 3 is 1.76 bits per heavy atom. The summed E-state index contributed by atoms with van der Waals surface area (Å²) in [5.41, 5.74) is 5.09. The zero-order valence-electron chi connectivity index (χ0n) is 18.9. The van der Waals surface area contributed by atoms with Crippen molar-refractivity contribution < 1.29 is 14.3 Å². The number of benzene rings is 3. The number of carbonyl (C=O) groups excluding carboxylic acids is 2. The second kappa shape index (κ2) is 8.14. The molecule has 1 aliphatic heterocycles. The highest BCUT2D eigenvalue weighted by Gasteiger charge is 2.62. The summed E-state index contributed by atoms with van der Waals surface area (Å²) in [4.78, 5) is 28.9. The van der Waals surface area contributed by atoms with Crippen molar-refractivity contribution in [2.24, 2.45) is 23.7 Å². The van der Waals surface area contributed by atoms with E-state index >= 15 is 0 Å². The van der Waals surface area contributed by atoms with E-state index in [1.807, 2.05) is 61.5 Å². The quantitative estimate of drug-likeness (QED) is 0.383. The van der Waals surface area contributed by atoms with Gasteiger partial charge < -0.3 is 4.74 Å². The third-order valence-corrected chi connectivity index (χ3v) is 7.24. The lowest BCUT2D eigenvalue weighted by atomic mass is 9.85. The van der Waals surface area contributed by atoms with Gasteiger partial charge in [-0.25, -0.2) is 4.90 Å². The summed E-state index contributed by atoms with van der Waals surface area (Å²) >= 11 is 0. The van der Waals surface area contributed by atoms with Gasteiger partial charge in [-0.2, -0.15) is 0 Å². The summed E-state index contributed by atoms with van der Waals surface area (Å²) in [6.45, 7) is 2.37. The molecule has 1 saturated heterocycles. The van der Waals surface area contributed by atoms with E-state index in [9.17, 15) is 9.59 Å². The van der Waals surface area contributed by atoms with Crippen molar-refractivity contribution >= 4 is 23.1 Å². The number of rotatable bonds is 5. The van der Waals surface area contributed by atoms with Crippen LogP contribution in [0, 0.1) is 23.7 Å². The van der Waals surface area contributed by atoms with Gasteiger partial charge in [-0.15, -0.1) is 0 Å². The SMILES string of the molecule is CCOc1ccccc1N1C(=O)[C@@H]2[C@@H](C1=O)[C@@H]1C=C[C@@H]2C1=C(c1ccccc1)c1ccccc1. The van der Waals surface area contributed by atoms with E-state index in [1.54, 1.807) is 6.07 Å². The predicted molar refractivity (Wildman–Crippen MR) is 132 cm³/mol. The molecule has 0 aromatic heterocycles. The lowest BCUT2D eigenvalue weighted by Crippen LogP contribution is -2.33. The minimum Gasteiger partial charge on any atom is -0.492 e. The van der Waals surface area contributed by atoms with Crippen molar-refractivity contribution in [2.45, 2.75) is 6.92 Å². The molecule has 3 aromatic rings. The lowest BCUT2D eigenvalue weighted by Gasteiger charge is -2.23. The first-order valence-corrected chi connectivity index (χ1v) is 11.8. The molecular formula is C30H25NO3. The normalized spacial score (nSPS) is 24.6. The Bertz CT molecular complexity index is 1250. The molecule has 4 heteroatoms. The molecule has 1 heterocycles. The molecule has 2 bridgehead atoms. The highest BCUT2D eigenvalue weighted by atomic mass is 16.5. The van der Waals surface area contributed by atoms with Crippen molar-refractivity contribution in [2.75, 3.05) is 11.5 Å². The monoisotopic (exact) mass is 447 g/mol. The Balaban J connectivity index is 1.47. The van der Waals surface area contributed by atoms with Crippen LogP contribution in [0.4, 0.5) is 5.69 Å². The summed E-state index contributed by atoms with van der Waals surface area (Å²) in [7, 11) is 0. The van der Waals surface area contributed by atoms with E-state index in [2.05, 4.69) is 36.4 Å². The largest absolute Gasteiger partial charge is 0.492 e. The molecule has 6 rings (SSSR count). The molecule has 0 spiro atoms. The van der Waals surface area contributed by atoms with E-state index in [-0.39, 0.29) is 35.5 Å². The third-order valence-electron chi connectivity index (χ3n) is 7.24. The van der Waals surface area contributed by atoms with Gasteiger partial charge in [-0.1, -0.05) is 84.9 Å². The van der Waals surface area contributed by atoms with Crippen LogP contribution in [0.1, 0.15) is 18.1 Å². The topological polar surface area (TPSA) is 46.6 Å². The Morgan fingerprint density at radius 1 is 0.735 bits per heavy atom. The minimum absolute atomic E-state index is 0.0916. The van der Waals surface area contributed by atoms with Gasteiger partial charge >= 0.3 is 0 Å². The summed E-state index contributed by atoms with van der Waals surface area (Å²) in [6, 6.07) is 27.9. The van der Waals surface area contributed by atoms with E-state index in [1.165, 1.54) is 10.5 Å². The van der Waals surface area contributed by atoms with Gasteiger partial charge in [-0.3, -0.25) is 9.59 Å². The molecule has 4 nitrogen and oxygen atoms in total. The van der Waals surface area contributed by atoms with Gasteiger partial charge in [0.05, 0.1) is 24.1 Å². The molecule has 34 heavy (non-hydrogen) atoms. The van der Waals surface area contributed by atoms with Crippen LogP contribution in [0.15, 0.2) is 103 Å². The average Bonchev–Trinajstić information content (AvgIpc) is 3.51. The molecule has 0 radical (unpaired) electrons. The number of imide groups is 1. The first-order chi connectivity index (χ1) is 16.7. The lowest BCUT2D eigenvalue weighted by molar-refractivity contribution is -0.123. The van der Waals surface area contributed by atoms with Crippen LogP contribution < -0.4 is 9.64 Å². The van der Waals surface area contributed by atoms with Crippen LogP contribution in [-0.2, 0) is 9.59 Å². The number of carbonyl (C=O) groups is 2. The molecule has 0 unspecified atom stereocenters. The van der Waals surface area contributed by atoms with Crippen molar-refractivity contribution in [3.8, 4) is 5.75 Å². The van der Waals surface area contributed by atoms with Gasteiger partial charge in [0.15, 0.2) is 0 Å². The van der Waals surface area contributed by atoms with Gasteiger partial charge in [0.2, 0.25) is 11.8 Å². The van der Waals surface area contributed by atoms with Gasteiger partial charge in [0.25, 0.3) is 0 Å². The number of ether oxygens (including phenoxy) is 1. The van der Waals surface area contributed by atoms with Crippen LogP contribution in [0.3, 0.4) is 0 Å². The first kappa shape index (κ1) is 20.7. The first-order valence-electron chi connectivity index (χ1n) is 11.8. The molecule has 2 aliphatic carbocycles. The zero-order chi connectivity index (χ0) is 23.2. The number of hydrogen-bond acceptors (Lipinski definition) is 3. The van der Waals surface area contributed by atoms with Crippen LogP contribution in [0.25, 0.3) is 5.57 Å². The predicted octanol–water partition coefficient (Wildman–Crippen LogP) is 5.51. The maximum absolute atomic E-state index is 13.8. The maximum atomic E-state index is 13.8. The smallest absolute Gasteiger partial charge is 0.238 e. The van der Waals surface area contributed by atoms with Crippen molar-refractivity contribution in [3.05, 3.63) is 114 Å². The molecule has 3 aliphatic rings. The van der Waals surface area contributed by atoms with Gasteiger partial charge in [0.1, 0.15) is 5.75 Å². The summed E-state index contributed by atoms with van der Waals surface area (Å²) < 4.78 is 5.74. The number of nitrogens with zero attached hydrogens (tertiary/aromatic N) is 1. The van der Waals surface area contributed by atoms with Crippen molar-refractivity contribution in [3.63, 3.8) is 0 Å². The maximum Gasteiger partial charge on any atom is 0.238 e. The highest BCUT2D eigenvalue weighted by Crippen LogP contribution is 2.59. The fourth-order valence-electron chi connectivity index (χ4n) is 5.96. The number of anilines is 1. The van der Waals surface area contributed by atoms with Crippen LogP contribution in [-0.4, -0.2) is 18.4 Å². The molecule has 4 atom stereocenters. The van der Waals surface area contributed by atoms with E-state index in [0.29, 0.717) is 18.0 Å². The van der Waals surface area contributed by atoms with Crippen molar-refractivity contribution in [1.29, 1.82) is 0 Å². The number of hydrogen-bond donors (Lipinski definition) is 0. The fourth-order valence-corrected chi connectivity index (χ4v) is 5.96. The highest BCUT2D eigenvalue weighted by molar-refractivity contribution is 6.24. The summed E-state index contributed by atoms with van der Waals surface area (Å²) in [5, 5.41) is 0. The zero-order valence-corrected chi connectivity index (χ0v) is 18.9. The molecule has 0 N–H and O–H groups in total. The van der Waals surface area contributed by atoms with Gasteiger partial charge in [-0.05, 0) is 41.3 Å². The molecule has 1 saturated carbocycles. The molecule has 168 valence electrons. The van der Waals surface area contributed by atoms with Crippen LogP contribution in [0.5, 0.6) is 5.75 Å².